The molecule has 0 fully saturated rings. The van der Waals surface area contributed by atoms with Crippen molar-refractivity contribution < 1.29 is 28.6 Å². The molecule has 18 heavy (non-hydrogen) atoms. The average molecular weight is 260 g/mol. The molecule has 0 aliphatic rings. The van der Waals surface area contributed by atoms with E-state index >= 15 is 0 Å². The molecule has 0 saturated carbocycles. The maximum atomic E-state index is 13.2. The molecule has 0 radical (unpaired) electrons. The van der Waals surface area contributed by atoms with Gasteiger partial charge in [-0.1, -0.05) is 6.07 Å². The van der Waals surface area contributed by atoms with Crippen molar-refractivity contribution in [3.63, 3.8) is 0 Å². The van der Waals surface area contributed by atoms with Gasteiger partial charge in [-0.25, -0.2) is 18.4 Å². The molecule has 0 aliphatic heterocycles. The number of hydrogen-bond donors (Lipinski definition) is 4. The number of benzene rings is 1. The number of carboxylic acid groups (broad SMARTS) is 1. The number of halogens is 2. The van der Waals surface area contributed by atoms with Crippen LogP contribution in [0.1, 0.15) is 0 Å². The molecule has 0 heterocycles. The lowest BCUT2D eigenvalue weighted by molar-refractivity contribution is -0.140. The fourth-order valence-corrected chi connectivity index (χ4v) is 1.10. The highest BCUT2D eigenvalue weighted by Crippen LogP contribution is 2.16. The summed E-state index contributed by atoms with van der Waals surface area (Å²) in [6, 6.07) is 0.552. The predicted molar refractivity (Wildman–Crippen MR) is 57.0 cm³/mol. The maximum Gasteiger partial charge on any atom is 0.328 e. The van der Waals surface area contributed by atoms with Gasteiger partial charge in [0.15, 0.2) is 17.7 Å². The summed E-state index contributed by atoms with van der Waals surface area (Å²) >= 11 is 0. The number of carboxylic acids is 1. The van der Waals surface area contributed by atoms with Crippen LogP contribution in [0.5, 0.6) is 0 Å². The van der Waals surface area contributed by atoms with Gasteiger partial charge in [0.2, 0.25) is 0 Å². The maximum absolute atomic E-state index is 13.2. The van der Waals surface area contributed by atoms with Crippen LogP contribution in [0.2, 0.25) is 0 Å². The lowest BCUT2D eigenvalue weighted by atomic mass is 10.3. The molecule has 1 aromatic carbocycles. The quantitative estimate of drug-likeness (QED) is 0.634. The van der Waals surface area contributed by atoms with E-state index in [-0.39, 0.29) is 0 Å². The molecule has 0 saturated heterocycles. The second-order valence-corrected chi connectivity index (χ2v) is 3.27. The zero-order valence-electron chi connectivity index (χ0n) is 8.98. The molecule has 0 aliphatic carbocycles. The van der Waals surface area contributed by atoms with Crippen molar-refractivity contribution >= 4 is 17.7 Å². The summed E-state index contributed by atoms with van der Waals surface area (Å²) in [6.07, 6.45) is 0. The standard InChI is InChI=1S/C10H10F2N2O4/c11-5-2-1-3-6(8(5)12)13-10(18)14-7(4-15)9(16)17/h1-3,7,15H,4H2,(H,16,17)(H2,13,14,18). The normalized spacial score (nSPS) is 11.7. The fraction of sp³-hybridized carbons (Fsp3) is 0.200. The largest absolute Gasteiger partial charge is 0.480 e. The van der Waals surface area contributed by atoms with E-state index in [0.717, 1.165) is 12.1 Å². The number of aliphatic carboxylic acids is 1. The molecule has 8 heteroatoms. The van der Waals surface area contributed by atoms with E-state index in [2.05, 4.69) is 0 Å². The van der Waals surface area contributed by atoms with E-state index in [9.17, 15) is 18.4 Å². The minimum Gasteiger partial charge on any atom is -0.480 e. The topological polar surface area (TPSA) is 98.7 Å². The molecular weight excluding hydrogens is 250 g/mol. The second-order valence-electron chi connectivity index (χ2n) is 3.27. The molecule has 98 valence electrons. The summed E-state index contributed by atoms with van der Waals surface area (Å²) in [6.45, 7) is -0.825. The third-order valence-corrected chi connectivity index (χ3v) is 1.99. The number of nitrogens with one attached hydrogen (secondary N) is 2. The van der Waals surface area contributed by atoms with Crippen LogP contribution in [0.4, 0.5) is 19.3 Å². The van der Waals surface area contributed by atoms with Gasteiger partial charge in [-0.05, 0) is 12.1 Å². The van der Waals surface area contributed by atoms with Gasteiger partial charge < -0.3 is 20.8 Å². The van der Waals surface area contributed by atoms with E-state index in [0.29, 0.717) is 0 Å². The van der Waals surface area contributed by atoms with Crippen molar-refractivity contribution in [2.24, 2.45) is 0 Å². The Bertz CT molecular complexity index is 467. The first-order chi connectivity index (χ1) is 8.45. The van der Waals surface area contributed by atoms with Crippen LogP contribution in [0.25, 0.3) is 0 Å². The van der Waals surface area contributed by atoms with Gasteiger partial charge in [0.25, 0.3) is 0 Å². The van der Waals surface area contributed by atoms with Crippen molar-refractivity contribution in [1.29, 1.82) is 0 Å². The summed E-state index contributed by atoms with van der Waals surface area (Å²) in [7, 11) is 0. The molecule has 2 amide bonds. The lowest BCUT2D eigenvalue weighted by Gasteiger charge is -2.13. The van der Waals surface area contributed by atoms with Gasteiger partial charge in [-0.2, -0.15) is 0 Å². The van der Waals surface area contributed by atoms with E-state index < -0.39 is 42.0 Å². The molecule has 0 bridgehead atoms. The Morgan fingerprint density at radius 1 is 1.33 bits per heavy atom. The van der Waals surface area contributed by atoms with Crippen LogP contribution in [-0.4, -0.2) is 34.9 Å². The summed E-state index contributed by atoms with van der Waals surface area (Å²) < 4.78 is 26.0. The summed E-state index contributed by atoms with van der Waals surface area (Å²) in [4.78, 5) is 21.8. The number of hydrogen-bond acceptors (Lipinski definition) is 3. The Balaban J connectivity index is 2.70. The Morgan fingerprint density at radius 3 is 2.56 bits per heavy atom. The number of anilines is 1. The van der Waals surface area contributed by atoms with Gasteiger partial charge in [0.05, 0.1) is 12.3 Å². The third-order valence-electron chi connectivity index (χ3n) is 1.99. The van der Waals surface area contributed by atoms with Gasteiger partial charge in [0, 0.05) is 0 Å². The van der Waals surface area contributed by atoms with E-state index in [1.165, 1.54) is 6.07 Å². The molecule has 1 atom stereocenters. The Hall–Kier alpha value is -2.22. The molecular formula is C10H10F2N2O4. The fourth-order valence-electron chi connectivity index (χ4n) is 1.10. The second kappa shape index (κ2) is 5.92. The number of urea groups is 1. The number of carbonyl (C=O) groups is 2. The number of aliphatic hydroxyl groups is 1. The average Bonchev–Trinajstić information content (AvgIpc) is 2.31. The molecule has 6 nitrogen and oxygen atoms in total. The minimum absolute atomic E-state index is 0.436. The van der Waals surface area contributed by atoms with Gasteiger partial charge in [-0.3, -0.25) is 0 Å². The summed E-state index contributed by atoms with van der Waals surface area (Å²) in [5, 5.41) is 21.0. The highest BCUT2D eigenvalue weighted by atomic mass is 19.2. The zero-order chi connectivity index (χ0) is 13.7. The minimum atomic E-state index is -1.53. The molecule has 1 aromatic rings. The van der Waals surface area contributed by atoms with E-state index in [1.807, 2.05) is 10.6 Å². The molecule has 0 aromatic heterocycles. The molecule has 0 spiro atoms. The van der Waals surface area contributed by atoms with Crippen molar-refractivity contribution in [2.75, 3.05) is 11.9 Å². The SMILES string of the molecule is O=C(Nc1cccc(F)c1F)NC(CO)C(=O)O. The van der Waals surface area contributed by atoms with Gasteiger partial charge >= 0.3 is 12.0 Å². The van der Waals surface area contributed by atoms with Crippen LogP contribution < -0.4 is 10.6 Å². The van der Waals surface area contributed by atoms with Crippen LogP contribution in [0.3, 0.4) is 0 Å². The third kappa shape index (κ3) is 3.39. The van der Waals surface area contributed by atoms with Gasteiger partial charge in [-0.15, -0.1) is 0 Å². The smallest absolute Gasteiger partial charge is 0.328 e. The van der Waals surface area contributed by atoms with Gasteiger partial charge in [0.1, 0.15) is 0 Å². The zero-order valence-corrected chi connectivity index (χ0v) is 8.98. The molecule has 1 rings (SSSR count). The summed E-state index contributed by atoms with van der Waals surface area (Å²) in [5.41, 5.74) is -0.436. The van der Waals surface area contributed by atoms with Crippen molar-refractivity contribution in [3.8, 4) is 0 Å². The van der Waals surface area contributed by atoms with Crippen LogP contribution in [0.15, 0.2) is 18.2 Å². The number of rotatable bonds is 4. The molecule has 4 N–H and O–H groups in total. The first-order valence-electron chi connectivity index (χ1n) is 4.81. The van der Waals surface area contributed by atoms with Crippen LogP contribution in [0, 0.1) is 11.6 Å². The first-order valence-corrected chi connectivity index (χ1v) is 4.81. The monoisotopic (exact) mass is 260 g/mol. The first kappa shape index (κ1) is 13.8. The van der Waals surface area contributed by atoms with Crippen molar-refractivity contribution in [3.05, 3.63) is 29.8 Å². The summed E-state index contributed by atoms with van der Waals surface area (Å²) in [5.74, 6) is -3.86. The number of carbonyl (C=O) groups excluding carboxylic acids is 1. The Morgan fingerprint density at radius 2 is 2.00 bits per heavy atom. The van der Waals surface area contributed by atoms with Crippen molar-refractivity contribution in [2.45, 2.75) is 6.04 Å². The van der Waals surface area contributed by atoms with E-state index in [4.69, 9.17) is 10.2 Å². The Labute approximate surface area is 100 Å². The van der Waals surface area contributed by atoms with Crippen molar-refractivity contribution in [1.82, 2.24) is 5.32 Å². The lowest BCUT2D eigenvalue weighted by Crippen LogP contribution is -2.45. The highest BCUT2D eigenvalue weighted by molar-refractivity contribution is 5.92. The molecule has 1 unspecified atom stereocenters. The van der Waals surface area contributed by atoms with Crippen LogP contribution >= 0.6 is 0 Å². The number of aliphatic hydroxyl groups excluding tert-OH is 1. The highest BCUT2D eigenvalue weighted by Gasteiger charge is 2.19. The van der Waals surface area contributed by atoms with Crippen LogP contribution in [-0.2, 0) is 4.79 Å². The van der Waals surface area contributed by atoms with E-state index in [1.54, 1.807) is 0 Å². The predicted octanol–water partition coefficient (Wildman–Crippen LogP) is 0.532. The Kier molecular flexibility index (Phi) is 4.55. The number of amides is 2.